The zero-order valence-electron chi connectivity index (χ0n) is 11.9. The molecule has 6 nitrogen and oxygen atoms in total. The van der Waals surface area contributed by atoms with Crippen LogP contribution in [-0.4, -0.2) is 43.3 Å². The Morgan fingerprint density at radius 2 is 2.14 bits per heavy atom. The molecule has 1 rings (SSSR count). The molecule has 1 amide bonds. The quantitative estimate of drug-likeness (QED) is 0.710. The smallest absolute Gasteiger partial charge is 0.342 e. The number of carboxylic acids is 1. The van der Waals surface area contributed by atoms with E-state index in [2.05, 4.69) is 5.32 Å². The van der Waals surface area contributed by atoms with E-state index in [-0.39, 0.29) is 5.75 Å². The number of rotatable bonds is 8. The summed E-state index contributed by atoms with van der Waals surface area (Å²) in [6.07, 6.45) is -0.289. The number of benzene rings is 1. The molecule has 0 radical (unpaired) electrons. The van der Waals surface area contributed by atoms with Crippen molar-refractivity contribution in [3.8, 4) is 5.75 Å². The second-order valence-electron chi connectivity index (χ2n) is 4.32. The fourth-order valence-electron chi connectivity index (χ4n) is 1.63. The van der Waals surface area contributed by atoms with Crippen molar-refractivity contribution in [2.24, 2.45) is 0 Å². The molecule has 0 aliphatic heterocycles. The van der Waals surface area contributed by atoms with E-state index >= 15 is 0 Å². The number of hydrogen-bond donors (Lipinski definition) is 2. The van der Waals surface area contributed by atoms with Crippen LogP contribution in [0.15, 0.2) is 18.2 Å². The second-order valence-corrected chi connectivity index (χ2v) is 4.32. The molecule has 1 unspecified atom stereocenters. The van der Waals surface area contributed by atoms with E-state index in [1.54, 1.807) is 7.11 Å². The van der Waals surface area contributed by atoms with Gasteiger partial charge in [0.05, 0.1) is 0 Å². The van der Waals surface area contributed by atoms with E-state index < -0.39 is 29.4 Å². The lowest BCUT2D eigenvalue weighted by Crippen LogP contribution is -2.37. The van der Waals surface area contributed by atoms with Gasteiger partial charge in [0.1, 0.15) is 17.1 Å². The van der Waals surface area contributed by atoms with Crippen LogP contribution in [0.2, 0.25) is 0 Å². The van der Waals surface area contributed by atoms with Crippen molar-refractivity contribution < 1.29 is 28.6 Å². The number of hydrogen-bond acceptors (Lipinski definition) is 4. The summed E-state index contributed by atoms with van der Waals surface area (Å²) < 4.78 is 23.6. The molecular weight excluding hydrogens is 281 g/mol. The molecule has 0 saturated heterocycles. The predicted octanol–water partition coefficient (Wildman–Crippen LogP) is 1.44. The number of methoxy groups -OCH3 is 1. The van der Waals surface area contributed by atoms with Crippen LogP contribution in [0.3, 0.4) is 0 Å². The number of aromatic carboxylic acids is 1. The lowest BCUT2D eigenvalue weighted by atomic mass is 10.2. The summed E-state index contributed by atoms with van der Waals surface area (Å²) in [7, 11) is 1.56. The highest BCUT2D eigenvalue weighted by molar-refractivity contribution is 5.91. The Kier molecular flexibility index (Phi) is 6.61. The summed E-state index contributed by atoms with van der Waals surface area (Å²) in [6.45, 7) is 2.39. The van der Waals surface area contributed by atoms with Gasteiger partial charge in [0, 0.05) is 20.3 Å². The van der Waals surface area contributed by atoms with E-state index in [4.69, 9.17) is 14.6 Å². The zero-order chi connectivity index (χ0) is 15.8. The Labute approximate surface area is 121 Å². The molecule has 0 fully saturated rings. The number of carbonyl (C=O) groups excluding carboxylic acids is 1. The zero-order valence-corrected chi connectivity index (χ0v) is 11.9. The topological polar surface area (TPSA) is 84.9 Å². The summed E-state index contributed by atoms with van der Waals surface area (Å²) in [6, 6.07) is 3.65. The molecular formula is C14H18FNO5. The van der Waals surface area contributed by atoms with E-state index in [0.717, 1.165) is 6.07 Å². The van der Waals surface area contributed by atoms with E-state index in [0.29, 0.717) is 19.6 Å². The van der Waals surface area contributed by atoms with Gasteiger partial charge in [-0.1, -0.05) is 6.07 Å². The maximum absolute atomic E-state index is 13.5. The number of halogens is 1. The fourth-order valence-corrected chi connectivity index (χ4v) is 1.63. The number of amides is 1. The Bertz CT molecular complexity index is 506. The van der Waals surface area contributed by atoms with Gasteiger partial charge in [-0.3, -0.25) is 4.79 Å². The first kappa shape index (κ1) is 16.9. The Morgan fingerprint density at radius 3 is 2.76 bits per heavy atom. The number of nitrogens with one attached hydrogen (secondary N) is 1. The van der Waals surface area contributed by atoms with Crippen molar-refractivity contribution in [1.82, 2.24) is 5.32 Å². The van der Waals surface area contributed by atoms with Crippen LogP contribution in [-0.2, 0) is 9.53 Å². The lowest BCUT2D eigenvalue weighted by Gasteiger charge is -2.16. The van der Waals surface area contributed by atoms with Gasteiger partial charge in [0.15, 0.2) is 6.10 Å². The first-order valence-electron chi connectivity index (χ1n) is 6.42. The van der Waals surface area contributed by atoms with Crippen LogP contribution in [0.25, 0.3) is 0 Å². The van der Waals surface area contributed by atoms with Crippen LogP contribution < -0.4 is 10.1 Å². The SMILES string of the molecule is COCCCNC(=O)C(C)Oc1cccc(F)c1C(=O)O. The van der Waals surface area contributed by atoms with E-state index in [1.165, 1.54) is 19.1 Å². The Balaban J connectivity index is 2.66. The Hall–Kier alpha value is -2.15. The van der Waals surface area contributed by atoms with Crippen molar-refractivity contribution >= 4 is 11.9 Å². The van der Waals surface area contributed by atoms with Crippen LogP contribution in [0.4, 0.5) is 4.39 Å². The largest absolute Gasteiger partial charge is 0.480 e. The van der Waals surface area contributed by atoms with Crippen molar-refractivity contribution in [2.45, 2.75) is 19.4 Å². The molecule has 0 aromatic heterocycles. The highest BCUT2D eigenvalue weighted by atomic mass is 19.1. The third-order valence-corrected chi connectivity index (χ3v) is 2.69. The van der Waals surface area contributed by atoms with Crippen LogP contribution in [0.5, 0.6) is 5.75 Å². The minimum absolute atomic E-state index is 0.179. The maximum atomic E-state index is 13.5. The normalized spacial score (nSPS) is 11.8. The van der Waals surface area contributed by atoms with Gasteiger partial charge in [-0.15, -0.1) is 0 Å². The number of carbonyl (C=O) groups is 2. The second kappa shape index (κ2) is 8.21. The van der Waals surface area contributed by atoms with Gasteiger partial charge in [-0.25, -0.2) is 9.18 Å². The molecule has 7 heteroatoms. The highest BCUT2D eigenvalue weighted by Crippen LogP contribution is 2.22. The first-order chi connectivity index (χ1) is 9.97. The highest BCUT2D eigenvalue weighted by Gasteiger charge is 2.21. The molecule has 0 saturated carbocycles. The number of ether oxygens (including phenoxy) is 2. The summed E-state index contributed by atoms with van der Waals surface area (Å²) >= 11 is 0. The van der Waals surface area contributed by atoms with Crippen molar-refractivity contribution in [1.29, 1.82) is 0 Å². The van der Waals surface area contributed by atoms with Gasteiger partial charge in [-0.05, 0) is 25.5 Å². The monoisotopic (exact) mass is 299 g/mol. The Morgan fingerprint density at radius 1 is 1.43 bits per heavy atom. The molecule has 0 spiro atoms. The van der Waals surface area contributed by atoms with Gasteiger partial charge >= 0.3 is 5.97 Å². The van der Waals surface area contributed by atoms with Crippen LogP contribution in [0, 0.1) is 5.82 Å². The van der Waals surface area contributed by atoms with Gasteiger partial charge in [0.2, 0.25) is 0 Å². The predicted molar refractivity (Wildman–Crippen MR) is 73.0 cm³/mol. The molecule has 1 aromatic carbocycles. The number of carboxylic acid groups (broad SMARTS) is 1. The van der Waals surface area contributed by atoms with E-state index in [9.17, 15) is 14.0 Å². The molecule has 0 aliphatic carbocycles. The van der Waals surface area contributed by atoms with Gasteiger partial charge in [0.25, 0.3) is 5.91 Å². The average molecular weight is 299 g/mol. The molecule has 116 valence electrons. The molecule has 0 bridgehead atoms. The standard InChI is InChI=1S/C14H18FNO5/c1-9(13(17)16-7-4-8-20-2)21-11-6-3-5-10(15)12(11)14(18)19/h3,5-6,9H,4,7-8H2,1-2H3,(H,16,17)(H,18,19). The minimum atomic E-state index is -1.45. The first-order valence-corrected chi connectivity index (χ1v) is 6.42. The molecule has 1 atom stereocenters. The molecule has 2 N–H and O–H groups in total. The third-order valence-electron chi connectivity index (χ3n) is 2.69. The van der Waals surface area contributed by atoms with Crippen LogP contribution >= 0.6 is 0 Å². The third kappa shape index (κ3) is 5.03. The van der Waals surface area contributed by atoms with Crippen LogP contribution in [0.1, 0.15) is 23.7 Å². The maximum Gasteiger partial charge on any atom is 0.342 e. The summed E-state index contributed by atoms with van der Waals surface area (Å²) in [5, 5.41) is 11.6. The van der Waals surface area contributed by atoms with Crippen molar-refractivity contribution in [3.05, 3.63) is 29.6 Å². The fraction of sp³-hybridized carbons (Fsp3) is 0.429. The molecule has 21 heavy (non-hydrogen) atoms. The molecule has 1 aromatic rings. The van der Waals surface area contributed by atoms with Crippen molar-refractivity contribution in [2.75, 3.05) is 20.3 Å². The molecule has 0 heterocycles. The van der Waals surface area contributed by atoms with Crippen molar-refractivity contribution in [3.63, 3.8) is 0 Å². The van der Waals surface area contributed by atoms with Gasteiger partial charge in [-0.2, -0.15) is 0 Å². The summed E-state index contributed by atoms with van der Waals surface area (Å²) in [5.74, 6) is -2.95. The summed E-state index contributed by atoms with van der Waals surface area (Å²) in [4.78, 5) is 22.8. The lowest BCUT2D eigenvalue weighted by molar-refractivity contribution is -0.127. The van der Waals surface area contributed by atoms with Gasteiger partial charge < -0.3 is 19.9 Å². The minimum Gasteiger partial charge on any atom is -0.480 e. The summed E-state index contributed by atoms with van der Waals surface area (Å²) in [5.41, 5.74) is -0.587. The molecule has 0 aliphatic rings. The average Bonchev–Trinajstić information content (AvgIpc) is 2.43. The van der Waals surface area contributed by atoms with E-state index in [1.807, 2.05) is 0 Å².